The topological polar surface area (TPSA) is 40.5 Å². The zero-order valence-corrected chi connectivity index (χ0v) is 17.2. The molecule has 1 heterocycles. The van der Waals surface area contributed by atoms with Crippen molar-refractivity contribution in [1.29, 1.82) is 0 Å². The van der Waals surface area contributed by atoms with Crippen LogP contribution in [0.1, 0.15) is 60.3 Å². The quantitative estimate of drug-likeness (QED) is 0.711. The first kappa shape index (κ1) is 20.7. The maximum Gasteiger partial charge on any atom is 0.335 e. The Morgan fingerprint density at radius 1 is 1.20 bits per heavy atom. The molecule has 0 saturated heterocycles. The SMILES string of the molecule is C[C@@H]1CC2=C(Cc3ccccc32)[C@@H](c2c(F)cc(C(=O)O)cc2F)N1CC(C)(C)F. The minimum atomic E-state index is -1.57. The van der Waals surface area contributed by atoms with Crippen LogP contribution in [0, 0.1) is 11.6 Å². The second-order valence-electron chi connectivity index (χ2n) is 8.84. The smallest absolute Gasteiger partial charge is 0.335 e. The molecule has 0 fully saturated rings. The van der Waals surface area contributed by atoms with Crippen molar-refractivity contribution >= 4 is 11.5 Å². The van der Waals surface area contributed by atoms with Gasteiger partial charge in [0.15, 0.2) is 0 Å². The summed E-state index contributed by atoms with van der Waals surface area (Å²) in [5.74, 6) is -3.24. The normalized spacial score (nSPS) is 21.5. The molecule has 1 aliphatic heterocycles. The van der Waals surface area contributed by atoms with E-state index in [9.17, 15) is 9.18 Å². The van der Waals surface area contributed by atoms with Crippen LogP contribution in [0.25, 0.3) is 5.57 Å². The van der Waals surface area contributed by atoms with Crippen LogP contribution in [0.2, 0.25) is 0 Å². The molecule has 2 aromatic carbocycles. The fraction of sp³-hybridized carbons (Fsp3) is 0.375. The van der Waals surface area contributed by atoms with Crippen molar-refractivity contribution < 1.29 is 23.1 Å². The standard InChI is InChI=1S/C24H24F3NO2/c1-13-8-17-16-7-5-4-6-14(16)9-18(17)22(28(13)12-24(2,3)27)21-19(25)10-15(23(29)30)11-20(21)26/h4-7,10-11,13,22H,8-9,12H2,1-3H3,(H,29,30)/t13-,22+/m1/s1. The van der Waals surface area contributed by atoms with Gasteiger partial charge in [-0.05, 0) is 68.0 Å². The lowest BCUT2D eigenvalue weighted by molar-refractivity contribution is 0.0673. The number of nitrogens with zero attached hydrogens (tertiary/aromatic N) is 1. The molecule has 2 aromatic rings. The molecule has 30 heavy (non-hydrogen) atoms. The van der Waals surface area contributed by atoms with Crippen LogP contribution in [0.5, 0.6) is 0 Å². The van der Waals surface area contributed by atoms with E-state index in [0.29, 0.717) is 12.8 Å². The molecule has 0 amide bonds. The van der Waals surface area contributed by atoms with Gasteiger partial charge in [0, 0.05) is 18.2 Å². The van der Waals surface area contributed by atoms with E-state index in [1.54, 1.807) is 0 Å². The Kier molecular flexibility index (Phi) is 5.01. The zero-order chi connectivity index (χ0) is 21.8. The van der Waals surface area contributed by atoms with Gasteiger partial charge in [-0.3, -0.25) is 4.90 Å². The maximum absolute atomic E-state index is 15.1. The average Bonchev–Trinajstić information content (AvgIpc) is 3.00. The van der Waals surface area contributed by atoms with E-state index in [2.05, 4.69) is 0 Å². The van der Waals surface area contributed by atoms with Gasteiger partial charge in [-0.2, -0.15) is 0 Å². The van der Waals surface area contributed by atoms with Crippen LogP contribution in [0.15, 0.2) is 42.0 Å². The molecular formula is C24H24F3NO2. The Hall–Kier alpha value is -2.60. The molecule has 158 valence electrons. The Bertz CT molecular complexity index is 1030. The van der Waals surface area contributed by atoms with Crippen molar-refractivity contribution in [2.75, 3.05) is 6.54 Å². The van der Waals surface area contributed by atoms with Crippen molar-refractivity contribution in [3.8, 4) is 0 Å². The van der Waals surface area contributed by atoms with E-state index in [0.717, 1.165) is 34.4 Å². The second kappa shape index (κ2) is 7.27. The first-order valence-corrected chi connectivity index (χ1v) is 10.0. The number of hydrogen-bond acceptors (Lipinski definition) is 2. The van der Waals surface area contributed by atoms with Gasteiger partial charge in [-0.25, -0.2) is 18.0 Å². The third-order valence-electron chi connectivity index (χ3n) is 6.00. The molecule has 1 aliphatic carbocycles. The molecular weight excluding hydrogens is 391 g/mol. The zero-order valence-electron chi connectivity index (χ0n) is 17.2. The summed E-state index contributed by atoms with van der Waals surface area (Å²) in [7, 11) is 0. The van der Waals surface area contributed by atoms with Gasteiger partial charge < -0.3 is 5.11 Å². The summed E-state index contributed by atoms with van der Waals surface area (Å²) in [5.41, 5.74) is 1.85. The minimum Gasteiger partial charge on any atom is -0.478 e. The average molecular weight is 415 g/mol. The number of alkyl halides is 1. The van der Waals surface area contributed by atoms with E-state index in [4.69, 9.17) is 5.11 Å². The molecule has 4 rings (SSSR count). The van der Waals surface area contributed by atoms with Crippen LogP contribution in [-0.2, 0) is 6.42 Å². The molecule has 0 aromatic heterocycles. The van der Waals surface area contributed by atoms with Gasteiger partial charge in [0.05, 0.1) is 11.6 Å². The number of fused-ring (bicyclic) bond motifs is 2. The summed E-state index contributed by atoms with van der Waals surface area (Å²) in [4.78, 5) is 13.0. The molecule has 2 aliphatic rings. The number of benzene rings is 2. The highest BCUT2D eigenvalue weighted by atomic mass is 19.1. The van der Waals surface area contributed by atoms with Crippen LogP contribution < -0.4 is 0 Å². The molecule has 0 radical (unpaired) electrons. The van der Waals surface area contributed by atoms with Crippen LogP contribution in [0.3, 0.4) is 0 Å². The second-order valence-corrected chi connectivity index (χ2v) is 8.84. The minimum absolute atomic E-state index is 0.00548. The summed E-state index contributed by atoms with van der Waals surface area (Å²) in [5, 5.41) is 9.15. The lowest BCUT2D eigenvalue weighted by Crippen LogP contribution is -2.47. The molecule has 3 nitrogen and oxygen atoms in total. The Labute approximate surface area is 173 Å². The molecule has 1 N–H and O–H groups in total. The number of carbonyl (C=O) groups is 1. The number of hydrogen-bond donors (Lipinski definition) is 1. The van der Waals surface area contributed by atoms with Crippen LogP contribution in [0.4, 0.5) is 13.2 Å². The lowest BCUT2D eigenvalue weighted by atomic mass is 9.83. The number of aromatic carboxylic acids is 1. The number of carboxylic acids is 1. The number of rotatable bonds is 4. The summed E-state index contributed by atoms with van der Waals surface area (Å²) in [6, 6.07) is 8.63. The highest BCUT2D eigenvalue weighted by Crippen LogP contribution is 2.50. The fourth-order valence-electron chi connectivity index (χ4n) is 4.81. The fourth-order valence-corrected chi connectivity index (χ4v) is 4.81. The first-order chi connectivity index (χ1) is 14.1. The van der Waals surface area contributed by atoms with Crippen molar-refractivity contribution in [1.82, 2.24) is 4.90 Å². The van der Waals surface area contributed by atoms with Crippen molar-refractivity contribution in [3.05, 3.63) is 75.9 Å². The Morgan fingerprint density at radius 3 is 2.43 bits per heavy atom. The van der Waals surface area contributed by atoms with Gasteiger partial charge in [-0.1, -0.05) is 24.3 Å². The maximum atomic E-state index is 15.1. The lowest BCUT2D eigenvalue weighted by Gasteiger charge is -2.44. The van der Waals surface area contributed by atoms with Gasteiger partial charge in [0.1, 0.15) is 17.3 Å². The van der Waals surface area contributed by atoms with E-state index < -0.39 is 34.9 Å². The van der Waals surface area contributed by atoms with Crippen molar-refractivity contribution in [3.63, 3.8) is 0 Å². The number of carboxylic acid groups (broad SMARTS) is 1. The Balaban J connectivity index is 1.91. The molecule has 0 spiro atoms. The number of halogens is 3. The highest BCUT2D eigenvalue weighted by molar-refractivity contribution is 5.87. The predicted molar refractivity (Wildman–Crippen MR) is 109 cm³/mol. The Morgan fingerprint density at radius 2 is 1.83 bits per heavy atom. The molecule has 6 heteroatoms. The predicted octanol–water partition coefficient (Wildman–Crippen LogP) is 5.56. The highest BCUT2D eigenvalue weighted by Gasteiger charge is 2.42. The van der Waals surface area contributed by atoms with E-state index in [1.807, 2.05) is 36.1 Å². The molecule has 0 saturated carbocycles. The monoisotopic (exact) mass is 415 g/mol. The first-order valence-electron chi connectivity index (χ1n) is 10.0. The van der Waals surface area contributed by atoms with Crippen LogP contribution >= 0.6 is 0 Å². The third-order valence-corrected chi connectivity index (χ3v) is 6.00. The summed E-state index contributed by atoms with van der Waals surface area (Å²) >= 11 is 0. The van der Waals surface area contributed by atoms with Crippen molar-refractivity contribution in [2.45, 2.75) is 51.4 Å². The van der Waals surface area contributed by atoms with E-state index in [1.165, 1.54) is 13.8 Å². The summed E-state index contributed by atoms with van der Waals surface area (Å²) in [6.45, 7) is 4.84. The third kappa shape index (κ3) is 3.54. The van der Waals surface area contributed by atoms with Crippen molar-refractivity contribution in [2.24, 2.45) is 0 Å². The summed E-state index contributed by atoms with van der Waals surface area (Å²) in [6.07, 6.45) is 1.20. The summed E-state index contributed by atoms with van der Waals surface area (Å²) < 4.78 is 44.9. The largest absolute Gasteiger partial charge is 0.478 e. The van der Waals surface area contributed by atoms with Gasteiger partial charge in [-0.15, -0.1) is 0 Å². The van der Waals surface area contributed by atoms with Crippen LogP contribution in [-0.4, -0.2) is 34.2 Å². The van der Waals surface area contributed by atoms with Gasteiger partial charge >= 0.3 is 5.97 Å². The van der Waals surface area contributed by atoms with E-state index in [-0.39, 0.29) is 18.2 Å². The molecule has 0 unspecified atom stereocenters. The molecule has 2 atom stereocenters. The van der Waals surface area contributed by atoms with E-state index >= 15 is 8.78 Å². The molecule has 0 bridgehead atoms. The van der Waals surface area contributed by atoms with Gasteiger partial charge in [0.25, 0.3) is 0 Å². The van der Waals surface area contributed by atoms with Gasteiger partial charge in [0.2, 0.25) is 0 Å².